The molecule has 1 fully saturated rings. The molecule has 2 aliphatic carbocycles. The molecule has 0 radical (unpaired) electrons. The summed E-state index contributed by atoms with van der Waals surface area (Å²) in [5, 5.41) is 8.94. The minimum absolute atomic E-state index is 0.111. The van der Waals surface area contributed by atoms with Crippen LogP contribution in [-0.2, 0) is 6.42 Å². The molecule has 0 saturated heterocycles. The van der Waals surface area contributed by atoms with Crippen LogP contribution in [0.3, 0.4) is 0 Å². The van der Waals surface area contributed by atoms with Crippen molar-refractivity contribution >= 4 is 0 Å². The fourth-order valence-electron chi connectivity index (χ4n) is 5.52. The zero-order chi connectivity index (χ0) is 19.5. The van der Waals surface area contributed by atoms with Crippen molar-refractivity contribution in [2.75, 3.05) is 0 Å². The molecule has 0 unspecified atom stereocenters. The molecule has 2 aliphatic rings. The van der Waals surface area contributed by atoms with Gasteiger partial charge < -0.3 is 0 Å². The van der Waals surface area contributed by atoms with Crippen molar-refractivity contribution < 1.29 is 4.39 Å². The van der Waals surface area contributed by atoms with E-state index in [1.807, 2.05) is 12.1 Å². The zero-order valence-corrected chi connectivity index (χ0v) is 16.9. The lowest BCUT2D eigenvalue weighted by molar-refractivity contribution is 0.199. The van der Waals surface area contributed by atoms with Crippen molar-refractivity contribution in [1.82, 2.24) is 0 Å². The van der Waals surface area contributed by atoms with Crippen molar-refractivity contribution in [3.05, 3.63) is 58.9 Å². The lowest BCUT2D eigenvalue weighted by Gasteiger charge is -2.41. The fraction of sp³-hybridized carbons (Fsp3) is 0.500. The second kappa shape index (κ2) is 8.48. The third-order valence-corrected chi connectivity index (χ3v) is 7.06. The number of aryl methyl sites for hydroxylation is 1. The highest BCUT2D eigenvalue weighted by Crippen LogP contribution is 2.48. The molecule has 3 atom stereocenters. The average molecular weight is 376 g/mol. The highest BCUT2D eigenvalue weighted by Gasteiger charge is 2.35. The molecule has 0 aromatic heterocycles. The Labute approximate surface area is 168 Å². The van der Waals surface area contributed by atoms with Crippen molar-refractivity contribution in [1.29, 1.82) is 5.26 Å². The van der Waals surface area contributed by atoms with Gasteiger partial charge in [-0.3, -0.25) is 0 Å². The van der Waals surface area contributed by atoms with E-state index in [9.17, 15) is 4.39 Å². The van der Waals surface area contributed by atoms with Crippen molar-refractivity contribution in [3.63, 3.8) is 0 Å². The van der Waals surface area contributed by atoms with Crippen LogP contribution in [-0.4, -0.2) is 0 Å². The molecule has 4 rings (SSSR count). The maximum absolute atomic E-state index is 14.0. The van der Waals surface area contributed by atoms with Crippen LogP contribution >= 0.6 is 0 Å². The first kappa shape index (κ1) is 19.2. The van der Waals surface area contributed by atoms with E-state index in [4.69, 9.17) is 5.26 Å². The Kier molecular flexibility index (Phi) is 5.81. The van der Waals surface area contributed by atoms with Crippen LogP contribution in [0.25, 0.3) is 11.1 Å². The van der Waals surface area contributed by atoms with Crippen LogP contribution < -0.4 is 0 Å². The van der Waals surface area contributed by atoms with Crippen LogP contribution in [0.2, 0.25) is 0 Å². The summed E-state index contributed by atoms with van der Waals surface area (Å²) in [6.07, 6.45) is 12.1. The summed E-state index contributed by atoms with van der Waals surface area (Å²) in [5.74, 6) is 2.08. The van der Waals surface area contributed by atoms with E-state index in [0.29, 0.717) is 0 Å². The number of unbranched alkanes of at least 4 members (excludes halogenated alkanes) is 2. The molecular formula is C26H30FN. The van der Waals surface area contributed by atoms with Crippen LogP contribution in [0, 0.1) is 29.0 Å². The summed E-state index contributed by atoms with van der Waals surface area (Å²) in [6, 6.07) is 13.5. The first-order valence-corrected chi connectivity index (χ1v) is 11.0. The number of rotatable bonds is 5. The molecule has 0 aliphatic heterocycles. The molecule has 2 aromatic rings. The highest BCUT2D eigenvalue weighted by molar-refractivity contribution is 5.66. The maximum Gasteiger partial charge on any atom is 0.141 e. The summed E-state index contributed by atoms with van der Waals surface area (Å²) >= 11 is 0. The van der Waals surface area contributed by atoms with Gasteiger partial charge in [0.15, 0.2) is 0 Å². The van der Waals surface area contributed by atoms with Gasteiger partial charge in [0.25, 0.3) is 0 Å². The summed E-state index contributed by atoms with van der Waals surface area (Å²) in [6.45, 7) is 2.29. The molecule has 146 valence electrons. The van der Waals surface area contributed by atoms with E-state index in [1.54, 1.807) is 11.6 Å². The number of nitriles is 1. The van der Waals surface area contributed by atoms with Crippen LogP contribution in [0.4, 0.5) is 4.39 Å². The van der Waals surface area contributed by atoms with Gasteiger partial charge in [-0.05, 0) is 84.2 Å². The van der Waals surface area contributed by atoms with E-state index >= 15 is 0 Å². The second-order valence-electron chi connectivity index (χ2n) is 8.80. The summed E-state index contributed by atoms with van der Waals surface area (Å²) in [7, 11) is 0. The van der Waals surface area contributed by atoms with Gasteiger partial charge in [-0.15, -0.1) is 0 Å². The van der Waals surface area contributed by atoms with Gasteiger partial charge in [0.2, 0.25) is 0 Å². The van der Waals surface area contributed by atoms with E-state index in [0.717, 1.165) is 35.3 Å². The van der Waals surface area contributed by atoms with Crippen molar-refractivity contribution in [3.8, 4) is 17.2 Å². The van der Waals surface area contributed by atoms with Gasteiger partial charge in [-0.1, -0.05) is 56.9 Å². The topological polar surface area (TPSA) is 23.8 Å². The Hall–Kier alpha value is -2.14. The predicted octanol–water partition coefficient (Wildman–Crippen LogP) is 7.39. The molecule has 0 bridgehead atoms. The summed E-state index contributed by atoms with van der Waals surface area (Å²) in [5.41, 5.74) is 5.03. The van der Waals surface area contributed by atoms with Gasteiger partial charge in [0.1, 0.15) is 11.9 Å². The molecule has 0 heterocycles. The number of fused-ring (bicyclic) bond motifs is 3. The molecule has 0 N–H and O–H groups in total. The highest BCUT2D eigenvalue weighted by atomic mass is 19.1. The summed E-state index contributed by atoms with van der Waals surface area (Å²) in [4.78, 5) is 0. The normalized spacial score (nSPS) is 23.5. The molecule has 28 heavy (non-hydrogen) atoms. The Balaban J connectivity index is 1.50. The molecular weight excluding hydrogens is 345 g/mol. The number of halogens is 1. The largest absolute Gasteiger partial charge is 0.206 e. The fourth-order valence-corrected chi connectivity index (χ4v) is 5.52. The molecule has 0 amide bonds. The zero-order valence-electron chi connectivity index (χ0n) is 16.9. The lowest BCUT2D eigenvalue weighted by Crippen LogP contribution is -2.28. The quantitative estimate of drug-likeness (QED) is 0.500. The van der Waals surface area contributed by atoms with Gasteiger partial charge >= 0.3 is 0 Å². The Bertz CT molecular complexity index is 878. The number of hydrogen-bond donors (Lipinski definition) is 0. The van der Waals surface area contributed by atoms with Crippen LogP contribution in [0.1, 0.15) is 80.9 Å². The minimum Gasteiger partial charge on any atom is -0.206 e. The van der Waals surface area contributed by atoms with Crippen molar-refractivity contribution in [2.24, 2.45) is 11.8 Å². The molecule has 2 aromatic carbocycles. The summed E-state index contributed by atoms with van der Waals surface area (Å²) < 4.78 is 14.0. The standard InChI is InChI=1S/C26H30FN/c1-2-3-4-5-18-6-12-24-21(14-18)8-9-22-15-19(11-13-25(22)24)20-7-10-23(17-28)26(27)16-20/h7,10-11,13,15-16,18,21,24H,2-6,8-9,12,14H2,1H3/t18-,21+,24+/m1/s1. The van der Waals surface area contributed by atoms with E-state index < -0.39 is 5.82 Å². The lowest BCUT2D eigenvalue weighted by atomic mass is 9.64. The molecule has 1 nitrogen and oxygen atoms in total. The van der Waals surface area contributed by atoms with Crippen LogP contribution in [0.15, 0.2) is 36.4 Å². The SMILES string of the molecule is CCCCC[C@@H]1CC[C@@H]2c3ccc(-c4ccc(C#N)c(F)c4)cc3CC[C@H]2C1. The Morgan fingerprint density at radius 3 is 2.64 bits per heavy atom. The third-order valence-electron chi connectivity index (χ3n) is 7.06. The molecule has 1 saturated carbocycles. The monoisotopic (exact) mass is 375 g/mol. The number of hydrogen-bond acceptors (Lipinski definition) is 1. The van der Waals surface area contributed by atoms with Crippen LogP contribution in [0.5, 0.6) is 0 Å². The van der Waals surface area contributed by atoms with Gasteiger partial charge in [-0.2, -0.15) is 5.26 Å². The first-order chi connectivity index (χ1) is 13.7. The van der Waals surface area contributed by atoms with E-state index in [1.165, 1.54) is 63.0 Å². The average Bonchev–Trinajstić information content (AvgIpc) is 2.73. The first-order valence-electron chi connectivity index (χ1n) is 11.0. The van der Waals surface area contributed by atoms with Gasteiger partial charge in [-0.25, -0.2) is 4.39 Å². The smallest absolute Gasteiger partial charge is 0.141 e. The van der Waals surface area contributed by atoms with Gasteiger partial charge in [0.05, 0.1) is 5.56 Å². The molecule has 0 spiro atoms. The van der Waals surface area contributed by atoms with E-state index in [2.05, 4.69) is 25.1 Å². The van der Waals surface area contributed by atoms with Crippen molar-refractivity contribution in [2.45, 2.75) is 70.6 Å². The van der Waals surface area contributed by atoms with Gasteiger partial charge in [0, 0.05) is 0 Å². The number of nitrogens with zero attached hydrogens (tertiary/aromatic N) is 1. The number of benzene rings is 2. The Morgan fingerprint density at radius 1 is 1.04 bits per heavy atom. The molecule has 2 heteroatoms. The third kappa shape index (κ3) is 3.86. The second-order valence-corrected chi connectivity index (χ2v) is 8.80. The predicted molar refractivity (Wildman–Crippen MR) is 113 cm³/mol. The van der Waals surface area contributed by atoms with E-state index in [-0.39, 0.29) is 5.56 Å². The Morgan fingerprint density at radius 2 is 1.86 bits per heavy atom. The maximum atomic E-state index is 14.0. The minimum atomic E-state index is -0.431.